The summed E-state index contributed by atoms with van der Waals surface area (Å²) in [5.74, 6) is -0.288. The smallest absolute Gasteiger partial charge is 0.339 e. The zero-order chi connectivity index (χ0) is 13.1. The molecule has 0 spiro atoms. The number of carboxylic acid groups (broad SMARTS) is 1. The van der Waals surface area contributed by atoms with Gasteiger partial charge in [0.1, 0.15) is 17.9 Å². The molecule has 1 aromatic heterocycles. The van der Waals surface area contributed by atoms with Crippen LogP contribution < -0.4 is 4.74 Å². The molecular weight excluding hydrogens is 232 g/mol. The van der Waals surface area contributed by atoms with Crippen LogP contribution in [-0.2, 0) is 13.7 Å². The molecule has 0 amide bonds. The highest BCUT2D eigenvalue weighted by atomic mass is 16.5. The van der Waals surface area contributed by atoms with Crippen LogP contribution in [-0.4, -0.2) is 20.9 Å². The molecule has 94 valence electrons. The fourth-order valence-corrected chi connectivity index (χ4v) is 1.60. The van der Waals surface area contributed by atoms with Crippen molar-refractivity contribution in [2.45, 2.75) is 13.5 Å². The maximum atomic E-state index is 11.0. The molecule has 0 fully saturated rings. The number of benzene rings is 1. The van der Waals surface area contributed by atoms with Gasteiger partial charge in [0, 0.05) is 7.05 Å². The van der Waals surface area contributed by atoms with E-state index < -0.39 is 5.97 Å². The maximum absolute atomic E-state index is 11.0. The largest absolute Gasteiger partial charge is 0.487 e. The summed E-state index contributed by atoms with van der Waals surface area (Å²) in [6.07, 6.45) is 1.33. The predicted octanol–water partition coefficient (Wildman–Crippen LogP) is 2.01. The predicted molar refractivity (Wildman–Crippen MR) is 65.7 cm³/mol. The van der Waals surface area contributed by atoms with E-state index in [4.69, 9.17) is 9.84 Å². The van der Waals surface area contributed by atoms with Crippen molar-refractivity contribution < 1.29 is 14.6 Å². The van der Waals surface area contributed by atoms with E-state index in [1.807, 2.05) is 31.2 Å². The highest BCUT2D eigenvalue weighted by Crippen LogP contribution is 2.15. The number of hydrogen-bond acceptors (Lipinski definition) is 3. The molecule has 1 N–H and O–H groups in total. The van der Waals surface area contributed by atoms with Crippen LogP contribution in [0.5, 0.6) is 5.75 Å². The SMILES string of the molecule is Cc1ccc(OCc2c(C(=O)O)cnn2C)cc1. The summed E-state index contributed by atoms with van der Waals surface area (Å²) < 4.78 is 7.06. The fourth-order valence-electron chi connectivity index (χ4n) is 1.60. The van der Waals surface area contributed by atoms with Gasteiger partial charge in [0.2, 0.25) is 0 Å². The van der Waals surface area contributed by atoms with Crippen molar-refractivity contribution >= 4 is 5.97 Å². The molecule has 0 saturated carbocycles. The zero-order valence-electron chi connectivity index (χ0n) is 10.3. The highest BCUT2D eigenvalue weighted by molar-refractivity contribution is 5.88. The topological polar surface area (TPSA) is 64.3 Å². The molecule has 0 bridgehead atoms. The second-order valence-electron chi connectivity index (χ2n) is 4.04. The van der Waals surface area contributed by atoms with Crippen LogP contribution in [0.4, 0.5) is 0 Å². The van der Waals surface area contributed by atoms with Gasteiger partial charge in [-0.05, 0) is 19.1 Å². The lowest BCUT2D eigenvalue weighted by molar-refractivity contribution is 0.0693. The standard InChI is InChI=1S/C13H14N2O3/c1-9-3-5-10(6-4-9)18-8-12-11(13(16)17)7-14-15(12)2/h3-7H,8H2,1-2H3,(H,16,17). The molecule has 0 atom stereocenters. The van der Waals surface area contributed by atoms with Gasteiger partial charge in [0.15, 0.2) is 0 Å². The molecule has 0 aliphatic heterocycles. The summed E-state index contributed by atoms with van der Waals surface area (Å²) in [6, 6.07) is 7.59. The van der Waals surface area contributed by atoms with Crippen LogP contribution in [0.15, 0.2) is 30.5 Å². The minimum atomic E-state index is -0.995. The van der Waals surface area contributed by atoms with Crippen molar-refractivity contribution in [3.05, 3.63) is 47.3 Å². The van der Waals surface area contributed by atoms with Gasteiger partial charge in [0.05, 0.1) is 11.9 Å². The lowest BCUT2D eigenvalue weighted by atomic mass is 10.2. The average molecular weight is 246 g/mol. The Morgan fingerprint density at radius 2 is 2.06 bits per heavy atom. The molecule has 5 heteroatoms. The third kappa shape index (κ3) is 2.51. The van der Waals surface area contributed by atoms with Gasteiger partial charge in [-0.15, -0.1) is 0 Å². The summed E-state index contributed by atoms with van der Waals surface area (Å²) in [6.45, 7) is 2.18. The van der Waals surface area contributed by atoms with Crippen LogP contribution in [0.2, 0.25) is 0 Å². The monoisotopic (exact) mass is 246 g/mol. The molecule has 18 heavy (non-hydrogen) atoms. The van der Waals surface area contributed by atoms with E-state index in [-0.39, 0.29) is 12.2 Å². The van der Waals surface area contributed by atoms with Gasteiger partial charge in [-0.25, -0.2) is 4.79 Å². The Hall–Kier alpha value is -2.30. The fraction of sp³-hybridized carbons (Fsp3) is 0.231. The van der Waals surface area contributed by atoms with Crippen molar-refractivity contribution in [3.8, 4) is 5.75 Å². The van der Waals surface area contributed by atoms with Crippen molar-refractivity contribution in [2.24, 2.45) is 7.05 Å². The average Bonchev–Trinajstić information content (AvgIpc) is 2.70. The molecule has 0 radical (unpaired) electrons. The molecule has 1 aromatic carbocycles. The molecule has 2 rings (SSSR count). The van der Waals surface area contributed by atoms with Crippen LogP contribution in [0, 0.1) is 6.92 Å². The molecule has 0 unspecified atom stereocenters. The first-order valence-corrected chi connectivity index (χ1v) is 5.51. The second kappa shape index (κ2) is 4.91. The molecule has 5 nitrogen and oxygen atoms in total. The van der Waals surface area contributed by atoms with Crippen molar-refractivity contribution in [1.29, 1.82) is 0 Å². The maximum Gasteiger partial charge on any atom is 0.339 e. The van der Waals surface area contributed by atoms with E-state index in [1.165, 1.54) is 10.9 Å². The summed E-state index contributed by atoms with van der Waals surface area (Å²) in [4.78, 5) is 11.0. The molecule has 0 saturated heterocycles. The minimum Gasteiger partial charge on any atom is -0.487 e. The second-order valence-corrected chi connectivity index (χ2v) is 4.04. The molecule has 0 aliphatic rings. The first kappa shape index (κ1) is 12.2. The van der Waals surface area contributed by atoms with Gasteiger partial charge in [0.25, 0.3) is 0 Å². The Balaban J connectivity index is 2.12. The molecule has 2 aromatic rings. The van der Waals surface area contributed by atoms with Crippen LogP contribution >= 0.6 is 0 Å². The number of aromatic carboxylic acids is 1. The number of aryl methyl sites for hydroxylation is 2. The molecule has 0 aliphatic carbocycles. The molecular formula is C13H14N2O3. The summed E-state index contributed by atoms with van der Waals surface area (Å²) >= 11 is 0. The van der Waals surface area contributed by atoms with E-state index >= 15 is 0 Å². The summed E-state index contributed by atoms with van der Waals surface area (Å²) in [7, 11) is 1.69. The van der Waals surface area contributed by atoms with Crippen molar-refractivity contribution in [2.75, 3.05) is 0 Å². The van der Waals surface area contributed by atoms with Crippen LogP contribution in [0.25, 0.3) is 0 Å². The van der Waals surface area contributed by atoms with Crippen molar-refractivity contribution in [1.82, 2.24) is 9.78 Å². The van der Waals surface area contributed by atoms with Crippen molar-refractivity contribution in [3.63, 3.8) is 0 Å². The third-order valence-electron chi connectivity index (χ3n) is 2.69. The highest BCUT2D eigenvalue weighted by Gasteiger charge is 2.15. The summed E-state index contributed by atoms with van der Waals surface area (Å²) in [5, 5.41) is 12.9. The van der Waals surface area contributed by atoms with Gasteiger partial charge in [-0.3, -0.25) is 4.68 Å². The number of carboxylic acids is 1. The third-order valence-corrected chi connectivity index (χ3v) is 2.69. The normalized spacial score (nSPS) is 10.3. The Labute approximate surface area is 105 Å². The van der Waals surface area contributed by atoms with Crippen LogP contribution in [0.1, 0.15) is 21.6 Å². The zero-order valence-corrected chi connectivity index (χ0v) is 10.3. The van der Waals surface area contributed by atoms with E-state index in [9.17, 15) is 4.79 Å². The molecule has 1 heterocycles. The number of hydrogen-bond donors (Lipinski definition) is 1. The Kier molecular flexibility index (Phi) is 3.32. The lowest BCUT2D eigenvalue weighted by Crippen LogP contribution is -2.08. The Morgan fingerprint density at radius 1 is 1.39 bits per heavy atom. The minimum absolute atomic E-state index is 0.171. The van der Waals surface area contributed by atoms with Crippen LogP contribution in [0.3, 0.4) is 0 Å². The number of carbonyl (C=O) groups is 1. The van der Waals surface area contributed by atoms with Gasteiger partial charge >= 0.3 is 5.97 Å². The lowest BCUT2D eigenvalue weighted by Gasteiger charge is -2.07. The number of aromatic nitrogens is 2. The quantitative estimate of drug-likeness (QED) is 0.896. The van der Waals surface area contributed by atoms with E-state index in [0.717, 1.165) is 5.56 Å². The van der Waals surface area contributed by atoms with Gasteiger partial charge < -0.3 is 9.84 Å². The van der Waals surface area contributed by atoms with Gasteiger partial charge in [-0.2, -0.15) is 5.10 Å². The van der Waals surface area contributed by atoms with E-state index in [1.54, 1.807) is 7.05 Å². The van der Waals surface area contributed by atoms with Gasteiger partial charge in [-0.1, -0.05) is 17.7 Å². The van der Waals surface area contributed by atoms with E-state index in [0.29, 0.717) is 11.4 Å². The Morgan fingerprint density at radius 3 is 2.67 bits per heavy atom. The number of nitrogens with zero attached hydrogens (tertiary/aromatic N) is 2. The number of rotatable bonds is 4. The first-order valence-electron chi connectivity index (χ1n) is 5.51. The Bertz CT molecular complexity index is 558. The summed E-state index contributed by atoms with van der Waals surface area (Å²) in [5.41, 5.74) is 1.86. The first-order chi connectivity index (χ1) is 8.58. The van der Waals surface area contributed by atoms with E-state index in [2.05, 4.69) is 5.10 Å². The number of ether oxygens (including phenoxy) is 1.